The molecule has 1 N–H and O–H groups in total. The maximum Gasteiger partial charge on any atom is 0.328 e. The van der Waals surface area contributed by atoms with E-state index in [0.717, 1.165) is 12.2 Å². The highest BCUT2D eigenvalue weighted by Crippen LogP contribution is 2.26. The standard InChI is InChI=1S/C13H14O4/c1-9(6-13(14)15)11-4-2-3-5-12(11)17-8-10-7-16-10/h2-6,10H,7-8H2,1H3,(H,14,15)/b9-6-. The maximum absolute atomic E-state index is 10.6. The van der Waals surface area contributed by atoms with Crippen LogP contribution >= 0.6 is 0 Å². The third kappa shape index (κ3) is 3.32. The summed E-state index contributed by atoms with van der Waals surface area (Å²) >= 11 is 0. The van der Waals surface area contributed by atoms with Crippen LogP contribution in [0.2, 0.25) is 0 Å². The zero-order chi connectivity index (χ0) is 12.3. The molecule has 1 fully saturated rings. The van der Waals surface area contributed by atoms with Gasteiger partial charge in [0, 0.05) is 11.6 Å². The molecule has 4 heteroatoms. The predicted octanol–water partition coefficient (Wildman–Crippen LogP) is 1.95. The predicted molar refractivity (Wildman–Crippen MR) is 63.0 cm³/mol. The summed E-state index contributed by atoms with van der Waals surface area (Å²) in [6.45, 7) is 3.01. The average molecular weight is 234 g/mol. The Morgan fingerprint density at radius 3 is 2.94 bits per heavy atom. The van der Waals surface area contributed by atoms with Crippen molar-refractivity contribution in [3.8, 4) is 5.75 Å². The van der Waals surface area contributed by atoms with Gasteiger partial charge in [0.2, 0.25) is 0 Å². The molecule has 4 nitrogen and oxygen atoms in total. The number of allylic oxidation sites excluding steroid dienone is 1. The minimum atomic E-state index is -0.956. The molecule has 0 aliphatic carbocycles. The molecular weight excluding hydrogens is 220 g/mol. The number of hydrogen-bond acceptors (Lipinski definition) is 3. The van der Waals surface area contributed by atoms with Crippen LogP contribution < -0.4 is 4.74 Å². The topological polar surface area (TPSA) is 59.1 Å². The number of epoxide rings is 1. The largest absolute Gasteiger partial charge is 0.490 e. The van der Waals surface area contributed by atoms with E-state index in [4.69, 9.17) is 14.6 Å². The van der Waals surface area contributed by atoms with E-state index in [1.807, 2.05) is 24.3 Å². The minimum Gasteiger partial charge on any atom is -0.490 e. The SMILES string of the molecule is C/C(=C/C(=O)O)c1ccccc1OCC1CO1. The number of aliphatic carboxylic acids is 1. The van der Waals surface area contributed by atoms with Crippen LogP contribution in [-0.4, -0.2) is 30.4 Å². The number of hydrogen-bond donors (Lipinski definition) is 1. The highest BCUT2D eigenvalue weighted by atomic mass is 16.6. The van der Waals surface area contributed by atoms with Gasteiger partial charge in [-0.05, 0) is 18.6 Å². The highest BCUT2D eigenvalue weighted by Gasteiger charge is 2.23. The number of carboxylic acid groups (broad SMARTS) is 1. The molecule has 1 saturated heterocycles. The fraction of sp³-hybridized carbons (Fsp3) is 0.308. The number of rotatable bonds is 5. The van der Waals surface area contributed by atoms with Crippen molar-refractivity contribution in [1.82, 2.24) is 0 Å². The molecule has 0 aromatic heterocycles. The van der Waals surface area contributed by atoms with Gasteiger partial charge >= 0.3 is 5.97 Å². The van der Waals surface area contributed by atoms with Gasteiger partial charge in [-0.3, -0.25) is 0 Å². The van der Waals surface area contributed by atoms with Gasteiger partial charge in [-0.1, -0.05) is 18.2 Å². The van der Waals surface area contributed by atoms with E-state index < -0.39 is 5.97 Å². The van der Waals surface area contributed by atoms with Gasteiger partial charge in [0.25, 0.3) is 0 Å². The zero-order valence-corrected chi connectivity index (χ0v) is 9.55. The molecule has 2 rings (SSSR count). The quantitative estimate of drug-likeness (QED) is 0.625. The van der Waals surface area contributed by atoms with Crippen molar-refractivity contribution < 1.29 is 19.4 Å². The Morgan fingerprint density at radius 2 is 2.29 bits per heavy atom. The lowest BCUT2D eigenvalue weighted by Gasteiger charge is -2.10. The first kappa shape index (κ1) is 11.7. The Balaban J connectivity index is 2.16. The number of para-hydroxylation sites is 1. The van der Waals surface area contributed by atoms with Crippen LogP contribution in [0.1, 0.15) is 12.5 Å². The molecule has 17 heavy (non-hydrogen) atoms. The van der Waals surface area contributed by atoms with Crippen LogP contribution in [0.25, 0.3) is 5.57 Å². The molecule has 1 aliphatic rings. The lowest BCUT2D eigenvalue weighted by Crippen LogP contribution is -2.05. The zero-order valence-electron chi connectivity index (χ0n) is 9.55. The van der Waals surface area contributed by atoms with Crippen molar-refractivity contribution >= 4 is 11.5 Å². The van der Waals surface area contributed by atoms with Crippen LogP contribution in [0.15, 0.2) is 30.3 Å². The molecule has 0 saturated carbocycles. The fourth-order valence-corrected chi connectivity index (χ4v) is 1.53. The maximum atomic E-state index is 10.6. The number of carbonyl (C=O) groups is 1. The van der Waals surface area contributed by atoms with E-state index >= 15 is 0 Å². The monoisotopic (exact) mass is 234 g/mol. The molecular formula is C13H14O4. The van der Waals surface area contributed by atoms with Crippen LogP contribution in [-0.2, 0) is 9.53 Å². The second-order valence-corrected chi connectivity index (χ2v) is 3.93. The van der Waals surface area contributed by atoms with Gasteiger partial charge in [-0.2, -0.15) is 0 Å². The molecule has 0 radical (unpaired) electrons. The van der Waals surface area contributed by atoms with Crippen LogP contribution in [0.5, 0.6) is 5.75 Å². The summed E-state index contributed by atoms with van der Waals surface area (Å²) in [5, 5.41) is 8.73. The normalized spacial score (nSPS) is 18.9. The smallest absolute Gasteiger partial charge is 0.328 e. The molecule has 1 aromatic rings. The van der Waals surface area contributed by atoms with E-state index in [1.54, 1.807) is 6.92 Å². The summed E-state index contributed by atoms with van der Waals surface area (Å²) in [5.41, 5.74) is 1.47. The Hall–Kier alpha value is -1.81. The van der Waals surface area contributed by atoms with Crippen molar-refractivity contribution in [2.45, 2.75) is 13.0 Å². The molecule has 1 aliphatic heterocycles. The Kier molecular flexibility index (Phi) is 3.44. The first-order valence-electron chi connectivity index (χ1n) is 5.42. The van der Waals surface area contributed by atoms with E-state index in [-0.39, 0.29) is 6.10 Å². The summed E-state index contributed by atoms with van der Waals surface area (Å²) in [7, 11) is 0. The summed E-state index contributed by atoms with van der Waals surface area (Å²) in [6.07, 6.45) is 1.36. The van der Waals surface area contributed by atoms with Crippen LogP contribution in [0.3, 0.4) is 0 Å². The first-order valence-corrected chi connectivity index (χ1v) is 5.42. The summed E-state index contributed by atoms with van der Waals surface area (Å²) < 4.78 is 10.7. The number of ether oxygens (including phenoxy) is 2. The van der Waals surface area contributed by atoms with Gasteiger partial charge in [-0.25, -0.2) is 4.79 Å². The van der Waals surface area contributed by atoms with Crippen molar-refractivity contribution in [1.29, 1.82) is 0 Å². The summed E-state index contributed by atoms with van der Waals surface area (Å²) in [6, 6.07) is 7.39. The molecule has 1 atom stereocenters. The van der Waals surface area contributed by atoms with E-state index in [0.29, 0.717) is 17.9 Å². The second-order valence-electron chi connectivity index (χ2n) is 3.93. The molecule has 1 unspecified atom stereocenters. The number of benzene rings is 1. The van der Waals surface area contributed by atoms with Crippen molar-refractivity contribution in [3.63, 3.8) is 0 Å². The van der Waals surface area contributed by atoms with Gasteiger partial charge in [0.15, 0.2) is 0 Å². The Bertz CT molecular complexity index is 446. The summed E-state index contributed by atoms with van der Waals surface area (Å²) in [5.74, 6) is -0.263. The van der Waals surface area contributed by atoms with Gasteiger partial charge in [0.05, 0.1) is 6.61 Å². The van der Waals surface area contributed by atoms with Crippen molar-refractivity contribution in [2.24, 2.45) is 0 Å². The molecule has 90 valence electrons. The van der Waals surface area contributed by atoms with E-state index in [2.05, 4.69) is 0 Å². The van der Waals surface area contributed by atoms with Gasteiger partial charge in [0.1, 0.15) is 18.5 Å². The Labute approximate surface area is 99.5 Å². The highest BCUT2D eigenvalue weighted by molar-refractivity contribution is 5.90. The summed E-state index contributed by atoms with van der Waals surface area (Å²) in [4.78, 5) is 10.6. The molecule has 0 amide bonds. The lowest BCUT2D eigenvalue weighted by atomic mass is 10.1. The van der Waals surface area contributed by atoms with Gasteiger partial charge < -0.3 is 14.6 Å². The fourth-order valence-electron chi connectivity index (χ4n) is 1.53. The van der Waals surface area contributed by atoms with E-state index in [9.17, 15) is 4.79 Å². The molecule has 1 heterocycles. The molecule has 1 aromatic carbocycles. The lowest BCUT2D eigenvalue weighted by molar-refractivity contribution is -0.131. The third-order valence-electron chi connectivity index (χ3n) is 2.48. The van der Waals surface area contributed by atoms with Crippen molar-refractivity contribution in [2.75, 3.05) is 13.2 Å². The van der Waals surface area contributed by atoms with Crippen LogP contribution in [0, 0.1) is 0 Å². The third-order valence-corrected chi connectivity index (χ3v) is 2.48. The average Bonchev–Trinajstić information content (AvgIpc) is 3.09. The minimum absolute atomic E-state index is 0.187. The van der Waals surface area contributed by atoms with E-state index in [1.165, 1.54) is 6.08 Å². The Morgan fingerprint density at radius 1 is 1.59 bits per heavy atom. The van der Waals surface area contributed by atoms with Crippen LogP contribution in [0.4, 0.5) is 0 Å². The van der Waals surface area contributed by atoms with Gasteiger partial charge in [-0.15, -0.1) is 0 Å². The first-order chi connectivity index (χ1) is 8.16. The second kappa shape index (κ2) is 5.01. The molecule has 0 bridgehead atoms. The van der Waals surface area contributed by atoms with Crippen molar-refractivity contribution in [3.05, 3.63) is 35.9 Å². The molecule has 0 spiro atoms. The number of carboxylic acids is 1.